The Morgan fingerprint density at radius 1 is 0.818 bits per heavy atom. The monoisotopic (exact) mass is 319 g/mol. The number of ether oxygens (including phenoxy) is 4. The maximum Gasteiger partial charge on any atom is 0.331 e. The van der Waals surface area contributed by atoms with Gasteiger partial charge in [0, 0.05) is 31.8 Å². The molecule has 0 unspecified atom stereocenters. The summed E-state index contributed by atoms with van der Waals surface area (Å²) in [7, 11) is 0. The summed E-state index contributed by atoms with van der Waals surface area (Å²) in [6.45, 7) is 3.87. The van der Waals surface area contributed by atoms with Gasteiger partial charge in [-0.1, -0.05) is 0 Å². The Balaban J connectivity index is 3.17. The van der Waals surface area contributed by atoms with Crippen molar-refractivity contribution in [1.82, 2.24) is 0 Å². The van der Waals surface area contributed by atoms with E-state index in [1.165, 1.54) is 0 Å². The predicted molar refractivity (Wildman–Crippen MR) is 78.5 cm³/mol. The molecule has 0 saturated heterocycles. The van der Waals surface area contributed by atoms with E-state index >= 15 is 0 Å². The number of esters is 1. The topological polar surface area (TPSA) is 117 Å². The maximum absolute atomic E-state index is 11.0. The van der Waals surface area contributed by atoms with Crippen LogP contribution in [0, 0.1) is 0 Å². The smallest absolute Gasteiger partial charge is 0.331 e. The summed E-state index contributed by atoms with van der Waals surface area (Å²) in [4.78, 5) is 21.2. The van der Waals surface area contributed by atoms with E-state index in [1.54, 1.807) is 0 Å². The lowest BCUT2D eigenvalue weighted by atomic mass is 10.4. The molecule has 3 N–H and O–H groups in total. The zero-order chi connectivity index (χ0) is 16.5. The Hall–Kier alpha value is -1.48. The number of rotatable bonds is 15. The van der Waals surface area contributed by atoms with E-state index in [9.17, 15) is 9.59 Å². The highest BCUT2D eigenvalue weighted by Crippen LogP contribution is 1.89. The Kier molecular flexibility index (Phi) is 14.8. The first-order valence-corrected chi connectivity index (χ1v) is 7.18. The Morgan fingerprint density at radius 2 is 1.36 bits per heavy atom. The number of carboxylic acid groups (broad SMARTS) is 1. The third-order valence-electron chi connectivity index (χ3n) is 2.28. The molecule has 0 amide bonds. The molecule has 0 aliphatic carbocycles. The summed E-state index contributed by atoms with van der Waals surface area (Å²) in [5.74, 6) is -1.87. The normalized spacial score (nSPS) is 11.0. The summed E-state index contributed by atoms with van der Waals surface area (Å²) in [6, 6.07) is 0. The van der Waals surface area contributed by atoms with Crippen molar-refractivity contribution in [2.75, 3.05) is 52.8 Å². The van der Waals surface area contributed by atoms with Crippen molar-refractivity contribution in [3.63, 3.8) is 0 Å². The number of hydrogen-bond acceptors (Lipinski definition) is 7. The van der Waals surface area contributed by atoms with Crippen LogP contribution in [-0.4, -0.2) is 69.8 Å². The van der Waals surface area contributed by atoms with Gasteiger partial charge >= 0.3 is 11.9 Å². The van der Waals surface area contributed by atoms with E-state index in [0.717, 1.165) is 18.6 Å². The second-order valence-corrected chi connectivity index (χ2v) is 4.17. The minimum atomic E-state index is -1.19. The second-order valence-electron chi connectivity index (χ2n) is 4.17. The fourth-order valence-corrected chi connectivity index (χ4v) is 1.25. The highest BCUT2D eigenvalue weighted by Gasteiger charge is 1.98. The molecule has 22 heavy (non-hydrogen) atoms. The van der Waals surface area contributed by atoms with E-state index in [-0.39, 0.29) is 6.61 Å². The van der Waals surface area contributed by atoms with Gasteiger partial charge in [0.2, 0.25) is 0 Å². The number of carbonyl (C=O) groups excluding carboxylic acids is 1. The van der Waals surface area contributed by atoms with Gasteiger partial charge in [-0.2, -0.15) is 0 Å². The lowest BCUT2D eigenvalue weighted by Gasteiger charge is -2.06. The minimum absolute atomic E-state index is 0.179. The molecule has 0 aliphatic rings. The number of carbonyl (C=O) groups is 2. The number of hydrogen-bond donors (Lipinski definition) is 2. The molecule has 0 heterocycles. The molecule has 0 aromatic rings. The number of aliphatic carboxylic acids is 1. The van der Waals surface area contributed by atoms with E-state index < -0.39 is 11.9 Å². The van der Waals surface area contributed by atoms with Crippen molar-refractivity contribution in [3.8, 4) is 0 Å². The average molecular weight is 319 g/mol. The standard InChI is InChI=1S/C14H25NO7/c15-5-1-6-19-9-11-21-12-10-20-7-2-8-22-14(18)4-3-13(16)17/h3-4H,1-2,5-12,15H2,(H,16,17)/b4-3-. The average Bonchev–Trinajstić information content (AvgIpc) is 2.49. The van der Waals surface area contributed by atoms with Crippen molar-refractivity contribution in [2.24, 2.45) is 5.73 Å². The Labute approximate surface area is 130 Å². The largest absolute Gasteiger partial charge is 0.478 e. The first-order chi connectivity index (χ1) is 10.7. The molecular formula is C14H25NO7. The van der Waals surface area contributed by atoms with Gasteiger partial charge < -0.3 is 29.8 Å². The molecule has 0 radical (unpaired) electrons. The number of nitrogens with two attached hydrogens (primary N) is 1. The molecule has 8 nitrogen and oxygen atoms in total. The van der Waals surface area contributed by atoms with Gasteiger partial charge in [0.25, 0.3) is 0 Å². The van der Waals surface area contributed by atoms with Crippen molar-refractivity contribution < 1.29 is 33.6 Å². The van der Waals surface area contributed by atoms with Gasteiger partial charge in [0.15, 0.2) is 0 Å². The van der Waals surface area contributed by atoms with E-state index in [2.05, 4.69) is 0 Å². The van der Waals surface area contributed by atoms with Crippen molar-refractivity contribution in [1.29, 1.82) is 0 Å². The molecule has 0 saturated carbocycles. The molecule has 128 valence electrons. The fraction of sp³-hybridized carbons (Fsp3) is 0.714. The molecule has 0 spiro atoms. The van der Waals surface area contributed by atoms with Crippen LogP contribution in [0.25, 0.3) is 0 Å². The SMILES string of the molecule is NCCCOCCOCCOCCCOC(=O)/C=C\C(=O)O. The molecule has 0 aromatic heterocycles. The van der Waals surface area contributed by atoms with Gasteiger partial charge in [-0.15, -0.1) is 0 Å². The molecule has 0 aliphatic heterocycles. The summed E-state index contributed by atoms with van der Waals surface area (Å²) < 4.78 is 20.6. The van der Waals surface area contributed by atoms with Gasteiger partial charge in [-0.25, -0.2) is 9.59 Å². The molecule has 8 heteroatoms. The highest BCUT2D eigenvalue weighted by atomic mass is 16.5. The molecule has 0 bridgehead atoms. The summed E-state index contributed by atoms with van der Waals surface area (Å²) in [5.41, 5.74) is 5.32. The molecular weight excluding hydrogens is 294 g/mol. The maximum atomic E-state index is 11.0. The van der Waals surface area contributed by atoms with Crippen LogP contribution < -0.4 is 5.73 Å². The van der Waals surface area contributed by atoms with E-state index in [1.807, 2.05) is 0 Å². The fourth-order valence-electron chi connectivity index (χ4n) is 1.25. The van der Waals surface area contributed by atoms with Crippen LogP contribution in [0.4, 0.5) is 0 Å². The third kappa shape index (κ3) is 16.6. The molecule has 0 rings (SSSR count). The van der Waals surface area contributed by atoms with Gasteiger partial charge in [-0.3, -0.25) is 0 Å². The zero-order valence-electron chi connectivity index (χ0n) is 12.7. The first kappa shape index (κ1) is 20.5. The third-order valence-corrected chi connectivity index (χ3v) is 2.28. The van der Waals surface area contributed by atoms with Crippen LogP contribution in [0.1, 0.15) is 12.8 Å². The number of carboxylic acids is 1. The van der Waals surface area contributed by atoms with E-state index in [0.29, 0.717) is 52.6 Å². The van der Waals surface area contributed by atoms with Crippen LogP contribution in [0.3, 0.4) is 0 Å². The minimum Gasteiger partial charge on any atom is -0.478 e. The Bertz CT molecular complexity index is 320. The quantitative estimate of drug-likeness (QED) is 0.245. The van der Waals surface area contributed by atoms with Crippen molar-refractivity contribution >= 4 is 11.9 Å². The first-order valence-electron chi connectivity index (χ1n) is 7.18. The van der Waals surface area contributed by atoms with Gasteiger partial charge in [-0.05, 0) is 13.0 Å². The van der Waals surface area contributed by atoms with Gasteiger partial charge in [0.1, 0.15) is 0 Å². The van der Waals surface area contributed by atoms with Crippen LogP contribution in [0.2, 0.25) is 0 Å². The van der Waals surface area contributed by atoms with Crippen molar-refractivity contribution in [3.05, 3.63) is 12.2 Å². The van der Waals surface area contributed by atoms with Crippen LogP contribution in [0.15, 0.2) is 12.2 Å². The van der Waals surface area contributed by atoms with Gasteiger partial charge in [0.05, 0.1) is 33.0 Å². The van der Waals surface area contributed by atoms with Crippen LogP contribution >= 0.6 is 0 Å². The summed E-state index contributed by atoms with van der Waals surface area (Å²) in [6.07, 6.45) is 2.98. The lowest BCUT2D eigenvalue weighted by Crippen LogP contribution is -2.12. The van der Waals surface area contributed by atoms with Crippen LogP contribution in [0.5, 0.6) is 0 Å². The molecule has 0 aromatic carbocycles. The molecule has 0 atom stereocenters. The van der Waals surface area contributed by atoms with E-state index in [4.69, 9.17) is 29.8 Å². The summed E-state index contributed by atoms with van der Waals surface area (Å²) >= 11 is 0. The zero-order valence-corrected chi connectivity index (χ0v) is 12.7. The highest BCUT2D eigenvalue weighted by molar-refractivity contribution is 5.90. The Morgan fingerprint density at radius 3 is 1.91 bits per heavy atom. The second kappa shape index (κ2) is 15.9. The van der Waals surface area contributed by atoms with Crippen LogP contribution in [-0.2, 0) is 28.5 Å². The van der Waals surface area contributed by atoms with Crippen molar-refractivity contribution in [2.45, 2.75) is 12.8 Å². The predicted octanol–water partition coefficient (Wildman–Crippen LogP) is -0.0409. The summed E-state index contributed by atoms with van der Waals surface area (Å²) in [5, 5.41) is 8.31. The molecule has 0 fully saturated rings. The lowest BCUT2D eigenvalue weighted by molar-refractivity contribution is -0.139.